The largest absolute Gasteiger partial charge is 0.619 e. The third-order valence-corrected chi connectivity index (χ3v) is 1.68. The summed E-state index contributed by atoms with van der Waals surface area (Å²) in [5.74, 6) is 0. The van der Waals surface area contributed by atoms with Crippen LogP contribution in [0.25, 0.3) is 0 Å². The van der Waals surface area contributed by atoms with Gasteiger partial charge in [0.15, 0.2) is 11.9 Å². The smallest absolute Gasteiger partial charge is 0.416 e. The zero-order valence-corrected chi connectivity index (χ0v) is 6.93. The summed E-state index contributed by atoms with van der Waals surface area (Å²) in [6, 6.07) is 1.64. The van der Waals surface area contributed by atoms with Gasteiger partial charge in [0.2, 0.25) is 0 Å². The quantitative estimate of drug-likeness (QED) is 0.492. The molecule has 13 heavy (non-hydrogen) atoms. The molecular formula is C8H8F3NO. The zero-order chi connectivity index (χ0) is 10.1. The van der Waals surface area contributed by atoms with E-state index in [9.17, 15) is 18.4 Å². The Morgan fingerprint density at radius 3 is 2.54 bits per heavy atom. The van der Waals surface area contributed by atoms with Gasteiger partial charge in [-0.1, -0.05) is 6.92 Å². The summed E-state index contributed by atoms with van der Waals surface area (Å²) in [4.78, 5) is 0. The molecule has 0 radical (unpaired) electrons. The number of aromatic nitrogens is 1. The molecule has 0 aliphatic carbocycles. The number of nitrogens with zero attached hydrogens (tertiary/aromatic N) is 1. The highest BCUT2D eigenvalue weighted by Gasteiger charge is 2.31. The van der Waals surface area contributed by atoms with Crippen molar-refractivity contribution in [2.75, 3.05) is 0 Å². The first-order chi connectivity index (χ1) is 5.95. The van der Waals surface area contributed by atoms with Gasteiger partial charge in [0, 0.05) is 18.6 Å². The maximum Gasteiger partial charge on any atom is 0.416 e. The molecule has 1 heterocycles. The minimum atomic E-state index is -4.38. The van der Waals surface area contributed by atoms with E-state index in [1.165, 1.54) is 0 Å². The normalized spacial score (nSPS) is 11.7. The summed E-state index contributed by atoms with van der Waals surface area (Å²) >= 11 is 0. The van der Waals surface area contributed by atoms with Gasteiger partial charge in [0.25, 0.3) is 0 Å². The lowest BCUT2D eigenvalue weighted by atomic mass is 10.2. The molecule has 0 saturated carbocycles. The van der Waals surface area contributed by atoms with Crippen LogP contribution >= 0.6 is 0 Å². The molecule has 0 N–H and O–H groups in total. The Kier molecular flexibility index (Phi) is 2.45. The molecule has 0 atom stereocenters. The fraction of sp³-hybridized carbons (Fsp3) is 0.375. The molecule has 0 bridgehead atoms. The van der Waals surface area contributed by atoms with Gasteiger partial charge < -0.3 is 5.21 Å². The number of aryl methyl sites for hydroxylation is 1. The van der Waals surface area contributed by atoms with Gasteiger partial charge in [-0.25, -0.2) is 0 Å². The predicted octanol–water partition coefficient (Wildman–Crippen LogP) is 1.90. The SMILES string of the molecule is CCc1cc(C(F)(F)F)cc[n+]1[O-]. The lowest BCUT2D eigenvalue weighted by Crippen LogP contribution is -2.31. The van der Waals surface area contributed by atoms with E-state index >= 15 is 0 Å². The van der Waals surface area contributed by atoms with Crippen LogP contribution in [0.15, 0.2) is 18.3 Å². The van der Waals surface area contributed by atoms with Crippen molar-refractivity contribution in [1.29, 1.82) is 0 Å². The van der Waals surface area contributed by atoms with Crippen LogP contribution in [-0.4, -0.2) is 0 Å². The molecule has 0 aromatic carbocycles. The van der Waals surface area contributed by atoms with Crippen molar-refractivity contribution in [2.24, 2.45) is 0 Å². The molecule has 72 valence electrons. The van der Waals surface area contributed by atoms with Crippen LogP contribution in [0.1, 0.15) is 18.2 Å². The Morgan fingerprint density at radius 1 is 1.46 bits per heavy atom. The van der Waals surface area contributed by atoms with Crippen molar-refractivity contribution in [2.45, 2.75) is 19.5 Å². The van der Waals surface area contributed by atoms with Crippen molar-refractivity contribution in [3.8, 4) is 0 Å². The second kappa shape index (κ2) is 3.24. The number of hydrogen-bond donors (Lipinski definition) is 0. The number of halogens is 3. The molecule has 0 spiro atoms. The van der Waals surface area contributed by atoms with Crippen LogP contribution in [0.2, 0.25) is 0 Å². The van der Waals surface area contributed by atoms with Gasteiger partial charge in [-0.2, -0.15) is 17.9 Å². The van der Waals surface area contributed by atoms with Crippen molar-refractivity contribution in [1.82, 2.24) is 0 Å². The maximum absolute atomic E-state index is 12.1. The van der Waals surface area contributed by atoms with Crippen molar-refractivity contribution >= 4 is 0 Å². The van der Waals surface area contributed by atoms with Crippen LogP contribution in [-0.2, 0) is 12.6 Å². The lowest BCUT2D eigenvalue weighted by Gasteiger charge is -2.07. The Labute approximate surface area is 73.2 Å². The predicted molar refractivity (Wildman–Crippen MR) is 39.8 cm³/mol. The minimum absolute atomic E-state index is 0.120. The number of pyridine rings is 1. The molecule has 0 aliphatic rings. The summed E-state index contributed by atoms with van der Waals surface area (Å²) in [6.45, 7) is 1.63. The summed E-state index contributed by atoms with van der Waals surface area (Å²) in [5.41, 5.74) is -0.661. The van der Waals surface area contributed by atoms with Crippen molar-refractivity contribution < 1.29 is 17.9 Å². The van der Waals surface area contributed by atoms with Crippen LogP contribution in [0, 0.1) is 5.21 Å². The fourth-order valence-electron chi connectivity index (χ4n) is 0.969. The minimum Gasteiger partial charge on any atom is -0.619 e. The fourth-order valence-corrected chi connectivity index (χ4v) is 0.969. The van der Waals surface area contributed by atoms with Crippen LogP contribution in [0.3, 0.4) is 0 Å². The highest BCUT2D eigenvalue weighted by Crippen LogP contribution is 2.28. The van der Waals surface area contributed by atoms with Crippen LogP contribution < -0.4 is 4.73 Å². The molecule has 0 fully saturated rings. The van der Waals surface area contributed by atoms with E-state index in [0.717, 1.165) is 18.3 Å². The molecule has 1 rings (SSSR count). The first-order valence-corrected chi connectivity index (χ1v) is 3.74. The van der Waals surface area contributed by atoms with E-state index in [0.29, 0.717) is 4.73 Å². The highest BCUT2D eigenvalue weighted by atomic mass is 19.4. The van der Waals surface area contributed by atoms with Gasteiger partial charge in [0.1, 0.15) is 0 Å². The number of rotatable bonds is 1. The topological polar surface area (TPSA) is 26.9 Å². The average Bonchev–Trinajstić information content (AvgIpc) is 2.03. The summed E-state index contributed by atoms with van der Waals surface area (Å²) in [7, 11) is 0. The molecule has 1 aromatic rings. The van der Waals surface area contributed by atoms with Crippen molar-refractivity contribution in [3.63, 3.8) is 0 Å². The Hall–Kier alpha value is -1.26. The molecule has 0 unspecified atom stereocenters. The van der Waals surface area contributed by atoms with Gasteiger partial charge in [0.05, 0.1) is 5.56 Å². The Balaban J connectivity index is 3.14. The van der Waals surface area contributed by atoms with Crippen LogP contribution in [0.4, 0.5) is 13.2 Å². The monoisotopic (exact) mass is 191 g/mol. The molecular weight excluding hydrogens is 183 g/mol. The van der Waals surface area contributed by atoms with Gasteiger partial charge >= 0.3 is 6.18 Å². The highest BCUT2D eigenvalue weighted by molar-refractivity contribution is 5.16. The van der Waals surface area contributed by atoms with Gasteiger partial charge in [-0.15, -0.1) is 0 Å². The third-order valence-electron chi connectivity index (χ3n) is 1.68. The number of hydrogen-bond acceptors (Lipinski definition) is 1. The van der Waals surface area contributed by atoms with E-state index in [2.05, 4.69) is 0 Å². The number of alkyl halides is 3. The summed E-state index contributed by atoms with van der Waals surface area (Å²) in [6.07, 6.45) is -3.22. The van der Waals surface area contributed by atoms with E-state index in [-0.39, 0.29) is 12.1 Å². The van der Waals surface area contributed by atoms with Gasteiger partial charge in [-0.05, 0) is 0 Å². The molecule has 1 aromatic heterocycles. The first-order valence-electron chi connectivity index (χ1n) is 3.74. The molecule has 5 heteroatoms. The Morgan fingerprint density at radius 2 is 2.08 bits per heavy atom. The molecule has 2 nitrogen and oxygen atoms in total. The molecule has 0 amide bonds. The maximum atomic E-state index is 12.1. The van der Waals surface area contributed by atoms with Gasteiger partial charge in [-0.3, -0.25) is 0 Å². The lowest BCUT2D eigenvalue weighted by molar-refractivity contribution is -0.614. The first kappa shape index (κ1) is 9.83. The summed E-state index contributed by atoms with van der Waals surface area (Å²) in [5, 5.41) is 10.9. The zero-order valence-electron chi connectivity index (χ0n) is 6.93. The summed E-state index contributed by atoms with van der Waals surface area (Å²) < 4.78 is 36.8. The van der Waals surface area contributed by atoms with Crippen molar-refractivity contribution in [3.05, 3.63) is 34.8 Å². The second-order valence-corrected chi connectivity index (χ2v) is 2.58. The third kappa shape index (κ3) is 2.11. The van der Waals surface area contributed by atoms with E-state index in [1.807, 2.05) is 0 Å². The van der Waals surface area contributed by atoms with Crippen LogP contribution in [0.5, 0.6) is 0 Å². The Bertz CT molecular complexity index is 309. The van der Waals surface area contributed by atoms with E-state index in [4.69, 9.17) is 0 Å². The van der Waals surface area contributed by atoms with E-state index in [1.54, 1.807) is 6.92 Å². The standard InChI is InChI=1S/C8H8F3NO/c1-2-7-5-6(8(9,10)11)3-4-12(7)13/h3-5H,2H2,1H3. The second-order valence-electron chi connectivity index (χ2n) is 2.58. The molecule has 0 aliphatic heterocycles. The van der Waals surface area contributed by atoms with E-state index < -0.39 is 11.7 Å². The molecule has 0 saturated heterocycles. The average molecular weight is 191 g/mol.